The summed E-state index contributed by atoms with van der Waals surface area (Å²) < 4.78 is 35.5. The lowest BCUT2D eigenvalue weighted by atomic mass is 9.96. The second-order valence-corrected chi connectivity index (χ2v) is 12.3. The topological polar surface area (TPSA) is 76.9 Å². The van der Waals surface area contributed by atoms with Gasteiger partial charge in [-0.2, -0.15) is 0 Å². The first-order chi connectivity index (χ1) is 24.8. The lowest BCUT2D eigenvalue weighted by Crippen LogP contribution is -2.59. The predicted octanol–water partition coefficient (Wildman–Crippen LogP) is 7.82. The third kappa shape index (κ3) is 8.79. The predicted molar refractivity (Wildman–Crippen MR) is 191 cm³/mol. The third-order valence-electron chi connectivity index (χ3n) is 8.70. The first-order valence-electron chi connectivity index (χ1n) is 17.0. The van der Waals surface area contributed by atoms with Gasteiger partial charge in [0.05, 0.1) is 39.2 Å². The van der Waals surface area contributed by atoms with Gasteiger partial charge in [0, 0.05) is 5.56 Å². The number of ether oxygens (including phenoxy) is 5. The summed E-state index contributed by atoms with van der Waals surface area (Å²) in [5.41, 5.74) is 5.89. The lowest BCUT2D eigenvalue weighted by Gasteiger charge is -2.46. The van der Waals surface area contributed by atoms with Crippen molar-refractivity contribution in [3.8, 4) is 11.3 Å². The van der Waals surface area contributed by atoms with Crippen LogP contribution in [0.5, 0.6) is 0 Å². The van der Waals surface area contributed by atoms with Gasteiger partial charge < -0.3 is 23.7 Å². The van der Waals surface area contributed by atoms with Crippen LogP contribution in [0.2, 0.25) is 0 Å². The van der Waals surface area contributed by atoms with Crippen LogP contribution in [0.1, 0.15) is 28.5 Å². The summed E-state index contributed by atoms with van der Waals surface area (Å²) in [7, 11) is 0. The highest BCUT2D eigenvalue weighted by atomic mass is 16.6. The monoisotopic (exact) mass is 667 g/mol. The SMILES string of the molecule is c1ccc(COC[C@H]2OC(n3cc(-c4ccccc4)nn3)[C@H](OCc3ccccc3)[C@@H](OCc3ccccc3)[C@@H]2OCc2ccccc2)cc1. The van der Waals surface area contributed by atoms with Crippen LogP contribution in [0.4, 0.5) is 0 Å². The first kappa shape index (κ1) is 33.5. The van der Waals surface area contributed by atoms with E-state index in [4.69, 9.17) is 23.7 Å². The van der Waals surface area contributed by atoms with Crippen molar-refractivity contribution in [2.75, 3.05) is 6.61 Å². The molecule has 1 unspecified atom stereocenters. The van der Waals surface area contributed by atoms with Crippen molar-refractivity contribution < 1.29 is 23.7 Å². The van der Waals surface area contributed by atoms with Crippen molar-refractivity contribution in [3.05, 3.63) is 180 Å². The summed E-state index contributed by atoms with van der Waals surface area (Å²) in [4.78, 5) is 0. The van der Waals surface area contributed by atoms with Gasteiger partial charge in [-0.25, -0.2) is 4.68 Å². The van der Waals surface area contributed by atoms with Gasteiger partial charge in [0.2, 0.25) is 0 Å². The Labute approximate surface area is 293 Å². The van der Waals surface area contributed by atoms with E-state index in [1.54, 1.807) is 4.68 Å². The maximum absolute atomic E-state index is 6.95. The van der Waals surface area contributed by atoms with Gasteiger partial charge in [-0.15, -0.1) is 5.10 Å². The summed E-state index contributed by atoms with van der Waals surface area (Å²) in [6, 6.07) is 50.5. The zero-order valence-electron chi connectivity index (χ0n) is 27.8. The summed E-state index contributed by atoms with van der Waals surface area (Å²) in [5, 5.41) is 9.11. The fraction of sp³-hybridized carbons (Fsp3) is 0.238. The van der Waals surface area contributed by atoms with Crippen LogP contribution >= 0.6 is 0 Å². The van der Waals surface area contributed by atoms with E-state index in [1.165, 1.54) is 0 Å². The maximum atomic E-state index is 6.95. The lowest BCUT2D eigenvalue weighted by molar-refractivity contribution is -0.292. The number of benzene rings is 5. The van der Waals surface area contributed by atoms with Crippen LogP contribution in [-0.4, -0.2) is 46.0 Å². The summed E-state index contributed by atoms with van der Waals surface area (Å²) in [6.45, 7) is 1.77. The van der Waals surface area contributed by atoms with Crippen LogP contribution in [0.25, 0.3) is 11.3 Å². The number of hydrogen-bond donors (Lipinski definition) is 0. The van der Waals surface area contributed by atoms with Gasteiger partial charge in [0.25, 0.3) is 0 Å². The normalized spacial score (nSPS) is 20.4. The molecule has 0 radical (unpaired) electrons. The van der Waals surface area contributed by atoms with Crippen LogP contribution < -0.4 is 0 Å². The Bertz CT molecular complexity index is 1840. The van der Waals surface area contributed by atoms with Gasteiger partial charge in [-0.3, -0.25) is 0 Å². The van der Waals surface area contributed by atoms with Crippen LogP contribution in [-0.2, 0) is 50.1 Å². The molecule has 1 aliphatic heterocycles. The minimum absolute atomic E-state index is 0.266. The molecule has 8 heteroatoms. The molecule has 6 aromatic rings. The Morgan fingerprint density at radius 3 is 1.46 bits per heavy atom. The van der Waals surface area contributed by atoms with Crippen molar-refractivity contribution >= 4 is 0 Å². The second-order valence-electron chi connectivity index (χ2n) is 12.3. The molecule has 7 rings (SSSR count). The molecule has 254 valence electrons. The molecule has 1 aromatic heterocycles. The zero-order chi connectivity index (χ0) is 33.8. The Morgan fingerprint density at radius 1 is 0.500 bits per heavy atom. The van der Waals surface area contributed by atoms with Gasteiger partial charge in [0.1, 0.15) is 30.1 Å². The number of aromatic nitrogens is 3. The zero-order valence-corrected chi connectivity index (χ0v) is 27.8. The van der Waals surface area contributed by atoms with E-state index in [0.717, 1.165) is 33.5 Å². The smallest absolute Gasteiger partial charge is 0.181 e. The van der Waals surface area contributed by atoms with Crippen molar-refractivity contribution in [2.45, 2.75) is 57.1 Å². The van der Waals surface area contributed by atoms with E-state index in [2.05, 4.69) is 34.6 Å². The average Bonchev–Trinajstić information content (AvgIpc) is 3.68. The fourth-order valence-corrected chi connectivity index (χ4v) is 6.12. The van der Waals surface area contributed by atoms with E-state index in [1.807, 2.05) is 134 Å². The Hall–Kier alpha value is -4.96. The molecule has 0 amide bonds. The molecular formula is C42H41N3O5. The molecule has 0 saturated carbocycles. The van der Waals surface area contributed by atoms with Crippen molar-refractivity contribution in [3.63, 3.8) is 0 Å². The van der Waals surface area contributed by atoms with Gasteiger partial charge >= 0.3 is 0 Å². The van der Waals surface area contributed by atoms with Gasteiger partial charge in [0.15, 0.2) is 6.23 Å². The van der Waals surface area contributed by atoms with Gasteiger partial charge in [-0.05, 0) is 22.3 Å². The Morgan fingerprint density at radius 2 is 0.940 bits per heavy atom. The molecule has 0 bridgehead atoms. The largest absolute Gasteiger partial charge is 0.374 e. The summed E-state index contributed by atoms with van der Waals surface area (Å²) in [6.07, 6.45) is -1.02. The molecule has 0 N–H and O–H groups in total. The molecule has 0 aliphatic carbocycles. The summed E-state index contributed by atoms with van der Waals surface area (Å²) in [5.74, 6) is 0. The number of hydrogen-bond acceptors (Lipinski definition) is 7. The van der Waals surface area contributed by atoms with E-state index in [0.29, 0.717) is 26.4 Å². The van der Waals surface area contributed by atoms with E-state index >= 15 is 0 Å². The highest BCUT2D eigenvalue weighted by molar-refractivity contribution is 5.57. The molecule has 50 heavy (non-hydrogen) atoms. The van der Waals surface area contributed by atoms with E-state index < -0.39 is 30.6 Å². The minimum atomic E-state index is -0.689. The number of rotatable bonds is 15. The van der Waals surface area contributed by atoms with Crippen LogP contribution in [0.3, 0.4) is 0 Å². The molecule has 5 aromatic carbocycles. The second kappa shape index (κ2) is 17.1. The Balaban J connectivity index is 1.24. The van der Waals surface area contributed by atoms with Crippen molar-refractivity contribution in [1.82, 2.24) is 15.0 Å². The molecular weight excluding hydrogens is 626 g/mol. The highest BCUT2D eigenvalue weighted by Crippen LogP contribution is 2.36. The van der Waals surface area contributed by atoms with Crippen molar-refractivity contribution in [2.24, 2.45) is 0 Å². The molecule has 0 spiro atoms. The molecule has 8 nitrogen and oxygen atoms in total. The summed E-state index contributed by atoms with van der Waals surface area (Å²) >= 11 is 0. The van der Waals surface area contributed by atoms with Crippen LogP contribution in [0.15, 0.2) is 158 Å². The number of nitrogens with zero attached hydrogens (tertiary/aromatic N) is 3. The molecule has 1 aliphatic rings. The molecule has 1 fully saturated rings. The average molecular weight is 668 g/mol. The quantitative estimate of drug-likeness (QED) is 0.111. The highest BCUT2D eigenvalue weighted by Gasteiger charge is 2.49. The van der Waals surface area contributed by atoms with Crippen molar-refractivity contribution in [1.29, 1.82) is 0 Å². The van der Waals surface area contributed by atoms with E-state index in [9.17, 15) is 0 Å². The van der Waals surface area contributed by atoms with E-state index in [-0.39, 0.29) is 6.61 Å². The van der Waals surface area contributed by atoms with Crippen LogP contribution in [0, 0.1) is 0 Å². The molecule has 1 saturated heterocycles. The maximum Gasteiger partial charge on any atom is 0.181 e. The third-order valence-corrected chi connectivity index (χ3v) is 8.70. The molecule has 5 atom stereocenters. The molecule has 2 heterocycles. The Kier molecular flexibility index (Phi) is 11.5. The standard InChI is InChI=1S/C42H41N3O5/c1-6-16-32(17-7-1)27-46-31-38-39(47-28-33-18-8-2-9-19-33)40(48-29-34-20-10-3-11-21-34)41(49-30-35-22-12-4-13-23-35)42(50-38)45-26-37(43-44-45)36-24-14-5-15-25-36/h1-26,38-42H,27-31H2/t38-,39-,40+,41-,42?/m1/s1. The minimum Gasteiger partial charge on any atom is -0.374 e. The van der Waals surface area contributed by atoms with Gasteiger partial charge in [-0.1, -0.05) is 157 Å². The fourth-order valence-electron chi connectivity index (χ4n) is 6.12. The first-order valence-corrected chi connectivity index (χ1v) is 17.0.